The van der Waals surface area contributed by atoms with E-state index in [1.165, 1.54) is 23.8 Å². The highest BCUT2D eigenvalue weighted by Crippen LogP contribution is 2.09. The molecular weight excluding hydrogens is 239 g/mol. The molecular formula is C17H15FO. The van der Waals surface area contributed by atoms with Gasteiger partial charge in [-0.05, 0) is 35.8 Å². The van der Waals surface area contributed by atoms with E-state index in [2.05, 4.69) is 6.92 Å². The SMILES string of the molecule is CCc1ccc(C(=O)C=Cc2cccc(F)c2)cc1. The molecule has 2 heteroatoms. The number of aryl methyl sites for hydroxylation is 1. The van der Waals surface area contributed by atoms with Crippen molar-refractivity contribution >= 4 is 11.9 Å². The van der Waals surface area contributed by atoms with Gasteiger partial charge in [0.15, 0.2) is 5.78 Å². The van der Waals surface area contributed by atoms with Crippen molar-refractivity contribution in [3.63, 3.8) is 0 Å². The van der Waals surface area contributed by atoms with Crippen LogP contribution in [-0.2, 0) is 6.42 Å². The zero-order valence-electron chi connectivity index (χ0n) is 10.8. The van der Waals surface area contributed by atoms with Crippen molar-refractivity contribution in [2.24, 2.45) is 0 Å². The molecule has 0 N–H and O–H groups in total. The molecule has 0 spiro atoms. The van der Waals surface area contributed by atoms with Gasteiger partial charge in [0.2, 0.25) is 0 Å². The summed E-state index contributed by atoms with van der Waals surface area (Å²) in [5.41, 5.74) is 2.52. The molecule has 0 bridgehead atoms. The molecule has 2 aromatic rings. The first-order chi connectivity index (χ1) is 9.19. The molecule has 2 aromatic carbocycles. The van der Waals surface area contributed by atoms with Gasteiger partial charge in [0.1, 0.15) is 5.82 Å². The van der Waals surface area contributed by atoms with E-state index in [4.69, 9.17) is 0 Å². The molecule has 0 heterocycles. The van der Waals surface area contributed by atoms with Crippen molar-refractivity contribution in [1.82, 2.24) is 0 Å². The second kappa shape index (κ2) is 6.10. The Morgan fingerprint density at radius 3 is 2.53 bits per heavy atom. The Labute approximate surface area is 112 Å². The molecule has 0 radical (unpaired) electrons. The summed E-state index contributed by atoms with van der Waals surface area (Å²) >= 11 is 0. The highest BCUT2D eigenvalue weighted by Gasteiger charge is 2.01. The van der Waals surface area contributed by atoms with Crippen LogP contribution in [-0.4, -0.2) is 5.78 Å². The van der Waals surface area contributed by atoms with Gasteiger partial charge in [0.25, 0.3) is 0 Å². The van der Waals surface area contributed by atoms with E-state index in [1.807, 2.05) is 24.3 Å². The Balaban J connectivity index is 2.11. The fourth-order valence-corrected chi connectivity index (χ4v) is 1.78. The van der Waals surface area contributed by atoms with E-state index >= 15 is 0 Å². The van der Waals surface area contributed by atoms with Gasteiger partial charge in [-0.25, -0.2) is 4.39 Å². The van der Waals surface area contributed by atoms with Gasteiger partial charge in [0.05, 0.1) is 0 Å². The summed E-state index contributed by atoms with van der Waals surface area (Å²) in [7, 11) is 0. The predicted octanol–water partition coefficient (Wildman–Crippen LogP) is 4.28. The third kappa shape index (κ3) is 3.62. The predicted molar refractivity (Wildman–Crippen MR) is 75.6 cm³/mol. The lowest BCUT2D eigenvalue weighted by atomic mass is 10.1. The molecule has 0 fully saturated rings. The quantitative estimate of drug-likeness (QED) is 0.587. The Hall–Kier alpha value is -2.22. The number of hydrogen-bond acceptors (Lipinski definition) is 1. The fourth-order valence-electron chi connectivity index (χ4n) is 1.78. The monoisotopic (exact) mass is 254 g/mol. The van der Waals surface area contributed by atoms with E-state index in [0.717, 1.165) is 6.42 Å². The minimum Gasteiger partial charge on any atom is -0.289 e. The minimum atomic E-state index is -0.304. The fraction of sp³-hybridized carbons (Fsp3) is 0.118. The van der Waals surface area contributed by atoms with Gasteiger partial charge >= 0.3 is 0 Å². The number of carbonyl (C=O) groups excluding carboxylic acids is 1. The molecule has 0 saturated heterocycles. The third-order valence-corrected chi connectivity index (χ3v) is 2.92. The van der Waals surface area contributed by atoms with Gasteiger partial charge in [-0.3, -0.25) is 4.79 Å². The van der Waals surface area contributed by atoms with Crippen LogP contribution in [0.15, 0.2) is 54.6 Å². The summed E-state index contributed by atoms with van der Waals surface area (Å²) in [5, 5.41) is 0. The lowest BCUT2D eigenvalue weighted by molar-refractivity contribution is 0.104. The van der Waals surface area contributed by atoms with Crippen molar-refractivity contribution in [2.45, 2.75) is 13.3 Å². The highest BCUT2D eigenvalue weighted by atomic mass is 19.1. The lowest BCUT2D eigenvalue weighted by Gasteiger charge is -1.99. The number of hydrogen-bond donors (Lipinski definition) is 0. The van der Waals surface area contributed by atoms with Crippen molar-refractivity contribution in [3.05, 3.63) is 77.1 Å². The Bertz CT molecular complexity index is 597. The van der Waals surface area contributed by atoms with Crippen molar-refractivity contribution in [1.29, 1.82) is 0 Å². The summed E-state index contributed by atoms with van der Waals surface area (Å²) in [4.78, 5) is 11.9. The number of benzene rings is 2. The van der Waals surface area contributed by atoms with Gasteiger partial charge in [-0.2, -0.15) is 0 Å². The summed E-state index contributed by atoms with van der Waals surface area (Å²) < 4.78 is 13.0. The number of halogens is 1. The van der Waals surface area contributed by atoms with Crippen molar-refractivity contribution in [2.75, 3.05) is 0 Å². The highest BCUT2D eigenvalue weighted by molar-refractivity contribution is 6.06. The smallest absolute Gasteiger partial charge is 0.185 e. The van der Waals surface area contributed by atoms with Gasteiger partial charge < -0.3 is 0 Å². The average Bonchev–Trinajstić information content (AvgIpc) is 2.45. The Morgan fingerprint density at radius 2 is 1.89 bits per heavy atom. The number of rotatable bonds is 4. The van der Waals surface area contributed by atoms with Gasteiger partial charge in [-0.1, -0.05) is 49.4 Å². The maximum Gasteiger partial charge on any atom is 0.185 e. The van der Waals surface area contributed by atoms with Crippen LogP contribution in [0.5, 0.6) is 0 Å². The Morgan fingerprint density at radius 1 is 1.16 bits per heavy atom. The summed E-state index contributed by atoms with van der Waals surface area (Å²) in [6.07, 6.45) is 4.04. The van der Waals surface area contributed by atoms with Crippen LogP contribution in [0.1, 0.15) is 28.4 Å². The molecule has 0 aliphatic rings. The molecule has 96 valence electrons. The largest absolute Gasteiger partial charge is 0.289 e. The molecule has 0 aliphatic heterocycles. The third-order valence-electron chi connectivity index (χ3n) is 2.92. The average molecular weight is 254 g/mol. The van der Waals surface area contributed by atoms with Gasteiger partial charge in [0, 0.05) is 5.56 Å². The number of ketones is 1. The van der Waals surface area contributed by atoms with E-state index in [1.54, 1.807) is 18.2 Å². The maximum absolute atomic E-state index is 13.0. The van der Waals surface area contributed by atoms with E-state index < -0.39 is 0 Å². The Kier molecular flexibility index (Phi) is 4.24. The van der Waals surface area contributed by atoms with E-state index in [0.29, 0.717) is 11.1 Å². The maximum atomic E-state index is 13.0. The molecule has 0 atom stereocenters. The van der Waals surface area contributed by atoms with Crippen molar-refractivity contribution < 1.29 is 9.18 Å². The van der Waals surface area contributed by atoms with Crippen LogP contribution < -0.4 is 0 Å². The topological polar surface area (TPSA) is 17.1 Å². The standard InChI is InChI=1S/C17H15FO/c1-2-13-6-9-15(10-7-13)17(19)11-8-14-4-3-5-16(18)12-14/h3-12H,2H2,1H3. The number of carbonyl (C=O) groups is 1. The molecule has 0 saturated carbocycles. The summed E-state index contributed by atoms with van der Waals surface area (Å²) in [6, 6.07) is 13.7. The molecule has 0 aromatic heterocycles. The van der Waals surface area contributed by atoms with Gasteiger partial charge in [-0.15, -0.1) is 0 Å². The molecule has 0 amide bonds. The van der Waals surface area contributed by atoms with Crippen LogP contribution in [0.25, 0.3) is 6.08 Å². The zero-order valence-corrected chi connectivity index (χ0v) is 10.8. The summed E-state index contributed by atoms with van der Waals surface area (Å²) in [6.45, 7) is 2.07. The second-order valence-corrected chi connectivity index (χ2v) is 4.30. The van der Waals surface area contributed by atoms with Crippen molar-refractivity contribution in [3.8, 4) is 0 Å². The molecule has 2 rings (SSSR count). The summed E-state index contributed by atoms with van der Waals surface area (Å²) in [5.74, 6) is -0.381. The first-order valence-corrected chi connectivity index (χ1v) is 6.26. The first-order valence-electron chi connectivity index (χ1n) is 6.26. The molecule has 0 aliphatic carbocycles. The van der Waals surface area contributed by atoms with Crippen LogP contribution in [0, 0.1) is 5.82 Å². The van der Waals surface area contributed by atoms with E-state index in [-0.39, 0.29) is 11.6 Å². The lowest BCUT2D eigenvalue weighted by Crippen LogP contribution is -1.94. The number of allylic oxidation sites excluding steroid dienone is 1. The first kappa shape index (κ1) is 13.2. The van der Waals surface area contributed by atoms with Crippen LogP contribution in [0.4, 0.5) is 4.39 Å². The van der Waals surface area contributed by atoms with Crippen LogP contribution in [0.3, 0.4) is 0 Å². The normalized spacial score (nSPS) is 10.8. The minimum absolute atomic E-state index is 0.0769. The zero-order chi connectivity index (χ0) is 13.7. The van der Waals surface area contributed by atoms with Crippen LogP contribution >= 0.6 is 0 Å². The van der Waals surface area contributed by atoms with Crippen LogP contribution in [0.2, 0.25) is 0 Å². The molecule has 0 unspecified atom stereocenters. The molecule has 19 heavy (non-hydrogen) atoms. The van der Waals surface area contributed by atoms with E-state index in [9.17, 15) is 9.18 Å². The second-order valence-electron chi connectivity index (χ2n) is 4.30. The molecule has 1 nitrogen and oxygen atoms in total.